The topological polar surface area (TPSA) is 47.3 Å². The maximum Gasteiger partial charge on any atom is 0.404 e. The SMILES string of the molecule is NNc1ccc(Oc2ccc(C(C(F)(F)F)C(F)(F)F)cc2)cc1. The third kappa shape index (κ3) is 4.31. The standard InChI is InChI=1S/C15H12F6N2O/c16-14(17,18)13(15(19,20)21)9-1-5-11(6-2-9)24-12-7-3-10(23-22)4-8-12/h1-8,13,23H,22H2. The van der Waals surface area contributed by atoms with E-state index in [9.17, 15) is 26.3 Å². The zero-order valence-corrected chi connectivity index (χ0v) is 11.9. The van der Waals surface area contributed by atoms with Gasteiger partial charge >= 0.3 is 12.4 Å². The van der Waals surface area contributed by atoms with Crippen LogP contribution < -0.4 is 16.0 Å². The number of benzene rings is 2. The fraction of sp³-hybridized carbons (Fsp3) is 0.200. The van der Waals surface area contributed by atoms with Gasteiger partial charge in [-0.05, 0) is 42.0 Å². The Labute approximate surface area is 133 Å². The number of nitrogens with two attached hydrogens (primary N) is 1. The van der Waals surface area contributed by atoms with Crippen LogP contribution in [0.2, 0.25) is 0 Å². The molecule has 2 aromatic carbocycles. The van der Waals surface area contributed by atoms with Gasteiger partial charge in [0.05, 0.1) is 0 Å². The summed E-state index contributed by atoms with van der Waals surface area (Å²) in [5, 5.41) is 0. The van der Waals surface area contributed by atoms with E-state index in [0.29, 0.717) is 11.4 Å². The van der Waals surface area contributed by atoms with Gasteiger partial charge in [-0.1, -0.05) is 12.1 Å². The Hall–Kier alpha value is -2.42. The minimum absolute atomic E-state index is 0.107. The van der Waals surface area contributed by atoms with E-state index < -0.39 is 23.8 Å². The molecule has 3 nitrogen and oxygen atoms in total. The predicted molar refractivity (Wildman–Crippen MR) is 75.6 cm³/mol. The Morgan fingerprint density at radius 1 is 0.750 bits per heavy atom. The molecule has 0 saturated carbocycles. The van der Waals surface area contributed by atoms with Crippen LogP contribution in [-0.2, 0) is 0 Å². The highest BCUT2D eigenvalue weighted by atomic mass is 19.4. The first-order valence-electron chi connectivity index (χ1n) is 6.59. The molecule has 9 heteroatoms. The number of hydrazine groups is 1. The van der Waals surface area contributed by atoms with Gasteiger partial charge in [-0.15, -0.1) is 0 Å². The monoisotopic (exact) mass is 350 g/mol. The number of halogens is 6. The fourth-order valence-corrected chi connectivity index (χ4v) is 2.05. The quantitative estimate of drug-likeness (QED) is 0.465. The van der Waals surface area contributed by atoms with Crippen LogP contribution >= 0.6 is 0 Å². The Morgan fingerprint density at radius 2 is 1.17 bits per heavy atom. The predicted octanol–water partition coefficient (Wildman–Crippen LogP) is 4.97. The summed E-state index contributed by atoms with van der Waals surface area (Å²) < 4.78 is 81.3. The maximum atomic E-state index is 12.7. The largest absolute Gasteiger partial charge is 0.457 e. The van der Waals surface area contributed by atoms with Crippen molar-refractivity contribution in [2.75, 3.05) is 5.43 Å². The van der Waals surface area contributed by atoms with Crippen LogP contribution in [0.3, 0.4) is 0 Å². The molecule has 0 spiro atoms. The van der Waals surface area contributed by atoms with Crippen LogP contribution in [0.15, 0.2) is 48.5 Å². The Morgan fingerprint density at radius 3 is 1.54 bits per heavy atom. The Kier molecular flexibility index (Phi) is 4.93. The lowest BCUT2D eigenvalue weighted by molar-refractivity contribution is -0.253. The van der Waals surface area contributed by atoms with Gasteiger partial charge in [-0.2, -0.15) is 26.3 Å². The zero-order chi connectivity index (χ0) is 18.0. The van der Waals surface area contributed by atoms with Gasteiger partial charge in [-0.3, -0.25) is 5.84 Å². The van der Waals surface area contributed by atoms with Crippen molar-refractivity contribution in [3.63, 3.8) is 0 Å². The second kappa shape index (κ2) is 6.60. The molecule has 0 amide bonds. The van der Waals surface area contributed by atoms with E-state index in [4.69, 9.17) is 10.6 Å². The summed E-state index contributed by atoms with van der Waals surface area (Å²) in [6, 6.07) is 9.85. The molecule has 0 unspecified atom stereocenters. The van der Waals surface area contributed by atoms with Gasteiger partial charge in [0.25, 0.3) is 0 Å². The number of alkyl halides is 6. The molecule has 0 aliphatic rings. The summed E-state index contributed by atoms with van der Waals surface area (Å²) in [5.74, 6) is 2.12. The van der Waals surface area contributed by atoms with E-state index in [-0.39, 0.29) is 5.75 Å². The number of nitrogens with one attached hydrogen (secondary N) is 1. The number of hydrogen-bond donors (Lipinski definition) is 2. The van der Waals surface area contributed by atoms with Crippen LogP contribution in [0.5, 0.6) is 11.5 Å². The van der Waals surface area contributed by atoms with Gasteiger partial charge in [0.2, 0.25) is 0 Å². The molecule has 24 heavy (non-hydrogen) atoms. The average Bonchev–Trinajstić information content (AvgIpc) is 2.47. The number of hydrogen-bond acceptors (Lipinski definition) is 3. The first-order valence-corrected chi connectivity index (χ1v) is 6.59. The van der Waals surface area contributed by atoms with Gasteiger partial charge in [0.1, 0.15) is 11.5 Å². The smallest absolute Gasteiger partial charge is 0.404 e. The molecule has 3 N–H and O–H groups in total. The molecule has 0 heterocycles. The summed E-state index contributed by atoms with van der Waals surface area (Å²) in [6.07, 6.45) is -10.8. The minimum atomic E-state index is -5.42. The molecule has 130 valence electrons. The first-order chi connectivity index (χ1) is 11.1. The van der Waals surface area contributed by atoms with Crippen molar-refractivity contribution in [2.24, 2.45) is 5.84 Å². The number of anilines is 1. The Balaban J connectivity index is 2.19. The molecular weight excluding hydrogens is 338 g/mol. The second-order valence-corrected chi connectivity index (χ2v) is 4.86. The fourth-order valence-electron chi connectivity index (χ4n) is 2.05. The summed E-state index contributed by atoms with van der Waals surface area (Å²) in [6.45, 7) is 0. The van der Waals surface area contributed by atoms with Crippen molar-refractivity contribution in [1.29, 1.82) is 0 Å². The lowest BCUT2D eigenvalue weighted by atomic mass is 9.98. The summed E-state index contributed by atoms with van der Waals surface area (Å²) in [4.78, 5) is 0. The molecule has 0 fully saturated rings. The van der Waals surface area contributed by atoms with Gasteiger partial charge < -0.3 is 10.2 Å². The lowest BCUT2D eigenvalue weighted by Crippen LogP contribution is -2.34. The van der Waals surface area contributed by atoms with Crippen molar-refractivity contribution in [3.8, 4) is 11.5 Å². The van der Waals surface area contributed by atoms with Crippen molar-refractivity contribution in [3.05, 3.63) is 54.1 Å². The van der Waals surface area contributed by atoms with E-state index in [1.807, 2.05) is 0 Å². The summed E-state index contributed by atoms with van der Waals surface area (Å²) in [5.41, 5.74) is 2.11. The molecule has 0 aromatic heterocycles. The van der Waals surface area contributed by atoms with E-state index in [2.05, 4.69) is 5.43 Å². The molecule has 0 aliphatic carbocycles. The van der Waals surface area contributed by atoms with Crippen LogP contribution in [-0.4, -0.2) is 12.4 Å². The van der Waals surface area contributed by atoms with Crippen molar-refractivity contribution in [1.82, 2.24) is 0 Å². The lowest BCUT2D eigenvalue weighted by Gasteiger charge is -2.23. The van der Waals surface area contributed by atoms with E-state index in [1.165, 1.54) is 12.1 Å². The molecule has 0 radical (unpaired) electrons. The van der Waals surface area contributed by atoms with Gasteiger partial charge in [0.15, 0.2) is 5.92 Å². The number of ether oxygens (including phenoxy) is 1. The zero-order valence-electron chi connectivity index (χ0n) is 11.9. The average molecular weight is 350 g/mol. The third-order valence-corrected chi connectivity index (χ3v) is 3.12. The molecule has 2 aromatic rings. The number of nitrogen functional groups attached to an aromatic ring is 1. The van der Waals surface area contributed by atoms with Crippen molar-refractivity contribution < 1.29 is 31.1 Å². The van der Waals surface area contributed by atoms with Crippen LogP contribution in [0.1, 0.15) is 11.5 Å². The van der Waals surface area contributed by atoms with Crippen molar-refractivity contribution >= 4 is 5.69 Å². The molecule has 0 saturated heterocycles. The normalized spacial score (nSPS) is 12.3. The highest BCUT2D eigenvalue weighted by molar-refractivity contribution is 5.46. The van der Waals surface area contributed by atoms with Crippen LogP contribution in [0, 0.1) is 0 Å². The molecule has 2 rings (SSSR count). The van der Waals surface area contributed by atoms with E-state index in [1.54, 1.807) is 12.1 Å². The van der Waals surface area contributed by atoms with E-state index >= 15 is 0 Å². The van der Waals surface area contributed by atoms with E-state index in [0.717, 1.165) is 24.3 Å². The first kappa shape index (κ1) is 17.9. The van der Waals surface area contributed by atoms with Gasteiger partial charge in [0, 0.05) is 5.69 Å². The molecule has 0 bridgehead atoms. The molecular formula is C15H12F6N2O. The highest BCUT2D eigenvalue weighted by Gasteiger charge is 2.57. The molecule has 0 aliphatic heterocycles. The minimum Gasteiger partial charge on any atom is -0.457 e. The summed E-state index contributed by atoms with van der Waals surface area (Å²) in [7, 11) is 0. The van der Waals surface area contributed by atoms with Crippen molar-refractivity contribution in [2.45, 2.75) is 18.3 Å². The number of rotatable bonds is 4. The molecule has 0 atom stereocenters. The highest BCUT2D eigenvalue weighted by Crippen LogP contribution is 2.46. The van der Waals surface area contributed by atoms with Gasteiger partial charge in [-0.25, -0.2) is 0 Å². The van der Waals surface area contributed by atoms with Crippen LogP contribution in [0.25, 0.3) is 0 Å². The second-order valence-electron chi connectivity index (χ2n) is 4.86. The maximum absolute atomic E-state index is 12.7. The van der Waals surface area contributed by atoms with Crippen LogP contribution in [0.4, 0.5) is 32.0 Å². The third-order valence-electron chi connectivity index (χ3n) is 3.12. The summed E-state index contributed by atoms with van der Waals surface area (Å²) >= 11 is 0. The Bertz CT molecular complexity index is 650.